The number of aromatic carboxylic acids is 1. The molecule has 4 aromatic rings. The molecule has 0 atom stereocenters. The normalized spacial score (nSPS) is 10.6. The highest BCUT2D eigenvalue weighted by Crippen LogP contribution is 2.23. The fourth-order valence-corrected chi connectivity index (χ4v) is 3.06. The summed E-state index contributed by atoms with van der Waals surface area (Å²) in [5, 5.41) is 9.13. The molecule has 0 amide bonds. The minimum Gasteiger partial charge on any atom is -0.478 e. The van der Waals surface area contributed by atoms with Crippen molar-refractivity contribution in [3.63, 3.8) is 0 Å². The number of anilines is 1. The highest BCUT2D eigenvalue weighted by Gasteiger charge is 2.18. The third-order valence-electron chi connectivity index (χ3n) is 4.88. The number of aromatic nitrogens is 6. The van der Waals surface area contributed by atoms with E-state index < -0.39 is 11.9 Å². The summed E-state index contributed by atoms with van der Waals surface area (Å²) < 4.78 is 5.34. The van der Waals surface area contributed by atoms with Gasteiger partial charge < -0.3 is 15.6 Å². The van der Waals surface area contributed by atoms with Gasteiger partial charge in [-0.3, -0.25) is 0 Å². The van der Waals surface area contributed by atoms with E-state index in [0.29, 0.717) is 11.3 Å². The van der Waals surface area contributed by atoms with Gasteiger partial charge in [-0.2, -0.15) is 0 Å². The van der Waals surface area contributed by atoms with Crippen LogP contribution in [0.3, 0.4) is 0 Å². The molecule has 0 fully saturated rings. The fourth-order valence-electron chi connectivity index (χ4n) is 3.06. The van der Waals surface area contributed by atoms with Crippen molar-refractivity contribution < 1.29 is 19.4 Å². The molecule has 0 aliphatic heterocycles. The lowest BCUT2D eigenvalue weighted by atomic mass is 10.2. The van der Waals surface area contributed by atoms with Gasteiger partial charge in [-0.25, -0.2) is 39.5 Å². The van der Waals surface area contributed by atoms with E-state index in [1.165, 1.54) is 18.6 Å². The molecule has 0 unspecified atom stereocenters. The van der Waals surface area contributed by atoms with Crippen molar-refractivity contribution in [3.8, 4) is 23.0 Å². The second-order valence-electron chi connectivity index (χ2n) is 7.24. The number of carboxylic acids is 1. The van der Waals surface area contributed by atoms with E-state index in [1.807, 2.05) is 30.3 Å². The maximum absolute atomic E-state index is 12.4. The summed E-state index contributed by atoms with van der Waals surface area (Å²) >= 11 is 0. The Labute approximate surface area is 193 Å². The minimum absolute atomic E-state index is 0.00822. The Kier molecular flexibility index (Phi) is 6.17. The van der Waals surface area contributed by atoms with Crippen molar-refractivity contribution in [3.05, 3.63) is 77.0 Å². The van der Waals surface area contributed by atoms with Crippen molar-refractivity contribution in [1.29, 1.82) is 0 Å². The van der Waals surface area contributed by atoms with Crippen LogP contribution in [0.5, 0.6) is 0 Å². The second kappa shape index (κ2) is 9.36. The monoisotopic (exact) mass is 457 g/mol. The highest BCUT2D eigenvalue weighted by molar-refractivity contribution is 5.90. The zero-order valence-corrected chi connectivity index (χ0v) is 18.3. The van der Waals surface area contributed by atoms with Crippen LogP contribution in [-0.4, -0.2) is 46.9 Å². The Hall–Kier alpha value is -4.80. The van der Waals surface area contributed by atoms with Gasteiger partial charge in [0.15, 0.2) is 17.5 Å². The van der Waals surface area contributed by atoms with Crippen LogP contribution in [0, 0.1) is 13.8 Å². The molecule has 0 bridgehead atoms. The summed E-state index contributed by atoms with van der Waals surface area (Å²) in [5.74, 6) is -1.08. The van der Waals surface area contributed by atoms with Gasteiger partial charge in [0.05, 0.1) is 28.1 Å². The number of hydrogen-bond donors (Lipinski definition) is 2. The van der Waals surface area contributed by atoms with Crippen LogP contribution < -0.4 is 5.73 Å². The van der Waals surface area contributed by atoms with Crippen molar-refractivity contribution in [2.75, 3.05) is 5.73 Å². The lowest BCUT2D eigenvalue weighted by Crippen LogP contribution is -2.10. The number of nitrogens with zero attached hydrogens (tertiary/aromatic N) is 6. The van der Waals surface area contributed by atoms with E-state index in [9.17, 15) is 9.59 Å². The molecule has 3 heterocycles. The number of rotatable bonds is 6. The quantitative estimate of drug-likeness (QED) is 0.408. The first-order valence-corrected chi connectivity index (χ1v) is 10.1. The molecule has 11 heteroatoms. The summed E-state index contributed by atoms with van der Waals surface area (Å²) in [6, 6.07) is 9.33. The summed E-state index contributed by atoms with van der Waals surface area (Å²) in [7, 11) is 0. The Morgan fingerprint density at radius 3 is 2.09 bits per heavy atom. The predicted octanol–water partition coefficient (Wildman–Crippen LogP) is 2.64. The van der Waals surface area contributed by atoms with Gasteiger partial charge >= 0.3 is 11.9 Å². The van der Waals surface area contributed by atoms with E-state index in [0.717, 1.165) is 5.56 Å². The summed E-state index contributed by atoms with van der Waals surface area (Å²) in [5.41, 5.74) is 8.18. The van der Waals surface area contributed by atoms with Gasteiger partial charge in [0.25, 0.3) is 0 Å². The van der Waals surface area contributed by atoms with Gasteiger partial charge in [-0.05, 0) is 19.4 Å². The molecule has 3 aromatic heterocycles. The Bertz CT molecular complexity index is 1390. The lowest BCUT2D eigenvalue weighted by molar-refractivity contribution is 0.0470. The molecule has 34 heavy (non-hydrogen) atoms. The molecule has 0 spiro atoms. The minimum atomic E-state index is -1.12. The van der Waals surface area contributed by atoms with Gasteiger partial charge in [0, 0.05) is 18.6 Å². The Morgan fingerprint density at radius 1 is 0.853 bits per heavy atom. The van der Waals surface area contributed by atoms with Gasteiger partial charge in [0.1, 0.15) is 12.4 Å². The first kappa shape index (κ1) is 22.4. The van der Waals surface area contributed by atoms with Crippen LogP contribution in [0.4, 0.5) is 5.82 Å². The number of hydrogen-bond acceptors (Lipinski definition) is 10. The van der Waals surface area contributed by atoms with Crippen LogP contribution in [-0.2, 0) is 11.3 Å². The molecule has 0 radical (unpaired) electrons. The summed E-state index contributed by atoms with van der Waals surface area (Å²) in [6.45, 7) is 3.35. The van der Waals surface area contributed by atoms with Gasteiger partial charge in [-0.1, -0.05) is 30.3 Å². The molecule has 0 aliphatic carbocycles. The van der Waals surface area contributed by atoms with Crippen LogP contribution in [0.15, 0.2) is 48.9 Å². The third kappa shape index (κ3) is 4.67. The number of carbonyl (C=O) groups is 2. The zero-order valence-electron chi connectivity index (χ0n) is 18.3. The third-order valence-corrected chi connectivity index (χ3v) is 4.88. The van der Waals surface area contributed by atoms with Crippen molar-refractivity contribution in [2.24, 2.45) is 0 Å². The first-order chi connectivity index (χ1) is 16.3. The van der Waals surface area contributed by atoms with Crippen LogP contribution >= 0.6 is 0 Å². The number of esters is 1. The zero-order chi connectivity index (χ0) is 24.2. The van der Waals surface area contributed by atoms with E-state index >= 15 is 0 Å². The number of aryl methyl sites for hydroxylation is 2. The molecular weight excluding hydrogens is 438 g/mol. The van der Waals surface area contributed by atoms with Crippen molar-refractivity contribution in [2.45, 2.75) is 20.5 Å². The van der Waals surface area contributed by atoms with Gasteiger partial charge in [-0.15, -0.1) is 0 Å². The summed E-state index contributed by atoms with van der Waals surface area (Å²) in [4.78, 5) is 48.8. The number of ether oxygens (including phenoxy) is 1. The van der Waals surface area contributed by atoms with E-state index in [2.05, 4.69) is 29.9 Å². The standard InChI is InChI=1S/C23H19N7O4/c1-12-15(22(31)32)8-25-19(28-12)17-10-27-21(30-18(17)24)20-26-9-16(13(2)29-20)23(33)34-11-14-6-4-3-5-7-14/h3-10H,11H2,1-2H3,(H,31,32)(H2,24,27,30). The largest absolute Gasteiger partial charge is 0.478 e. The van der Waals surface area contributed by atoms with E-state index in [1.54, 1.807) is 13.8 Å². The molecule has 3 N–H and O–H groups in total. The average molecular weight is 457 g/mol. The van der Waals surface area contributed by atoms with Crippen LogP contribution in [0.1, 0.15) is 37.7 Å². The molecule has 1 aromatic carbocycles. The maximum atomic E-state index is 12.4. The molecular formula is C23H19N7O4. The summed E-state index contributed by atoms with van der Waals surface area (Å²) in [6.07, 6.45) is 3.97. The molecule has 0 saturated heterocycles. The van der Waals surface area contributed by atoms with Crippen molar-refractivity contribution >= 4 is 17.8 Å². The Morgan fingerprint density at radius 2 is 1.44 bits per heavy atom. The second-order valence-corrected chi connectivity index (χ2v) is 7.24. The highest BCUT2D eigenvalue weighted by atomic mass is 16.5. The SMILES string of the molecule is Cc1nc(-c2cnc(-c3ncc(C(=O)OCc4ccccc4)c(C)n3)nc2N)ncc1C(=O)O. The first-order valence-electron chi connectivity index (χ1n) is 10.1. The number of nitrogens with two attached hydrogens (primary N) is 1. The number of carbonyl (C=O) groups excluding carboxylic acids is 1. The van der Waals surface area contributed by atoms with E-state index in [4.69, 9.17) is 15.6 Å². The Balaban J connectivity index is 1.54. The smallest absolute Gasteiger partial charge is 0.341 e. The van der Waals surface area contributed by atoms with Crippen LogP contribution in [0.25, 0.3) is 23.0 Å². The molecule has 11 nitrogen and oxygen atoms in total. The lowest BCUT2D eigenvalue weighted by Gasteiger charge is -2.09. The average Bonchev–Trinajstić information content (AvgIpc) is 2.82. The maximum Gasteiger partial charge on any atom is 0.341 e. The molecule has 0 saturated carbocycles. The van der Waals surface area contributed by atoms with E-state index in [-0.39, 0.29) is 46.7 Å². The molecule has 170 valence electrons. The number of benzene rings is 1. The number of nitrogen functional groups attached to an aromatic ring is 1. The van der Waals surface area contributed by atoms with Gasteiger partial charge in [0.2, 0.25) is 0 Å². The topological polar surface area (TPSA) is 167 Å². The predicted molar refractivity (Wildman–Crippen MR) is 120 cm³/mol. The molecule has 4 rings (SSSR count). The van der Waals surface area contributed by atoms with Crippen LogP contribution in [0.2, 0.25) is 0 Å². The van der Waals surface area contributed by atoms with Crippen molar-refractivity contribution in [1.82, 2.24) is 29.9 Å². The number of carboxylic acid groups (broad SMARTS) is 1. The fraction of sp³-hybridized carbons (Fsp3) is 0.130. The molecule has 0 aliphatic rings.